The molecule has 0 amide bonds. The van der Waals surface area contributed by atoms with Crippen LogP contribution in [0.25, 0.3) is 0 Å². The van der Waals surface area contributed by atoms with E-state index in [-0.39, 0.29) is 6.42 Å². The van der Waals surface area contributed by atoms with Gasteiger partial charge >= 0.3 is 5.97 Å². The van der Waals surface area contributed by atoms with Crippen molar-refractivity contribution in [3.63, 3.8) is 0 Å². The topological polar surface area (TPSA) is 55.1 Å². The fourth-order valence-corrected chi connectivity index (χ4v) is 1.62. The Balaban J connectivity index is 2.97. The molecule has 0 unspecified atom stereocenters. The van der Waals surface area contributed by atoms with E-state index >= 15 is 0 Å². The molecule has 1 N–H and O–H groups in total. The van der Waals surface area contributed by atoms with Crippen molar-refractivity contribution in [3.8, 4) is 0 Å². The molecule has 0 saturated carbocycles. The van der Waals surface area contributed by atoms with E-state index in [4.69, 9.17) is 5.11 Å². The maximum absolute atomic E-state index is 10.7. The number of carboxylic acids is 1. The average molecular weight is 222 g/mol. The second kappa shape index (κ2) is 4.96. The van der Waals surface area contributed by atoms with Crippen LogP contribution in [0.4, 0.5) is 0 Å². The van der Waals surface area contributed by atoms with Gasteiger partial charge in [0.2, 0.25) is 0 Å². The molecule has 0 radical (unpaired) electrons. The van der Waals surface area contributed by atoms with Gasteiger partial charge in [-0.3, -0.25) is 9.48 Å². The molecule has 0 aromatic carbocycles. The number of nitrogens with zero attached hydrogens (tertiary/aromatic N) is 2. The number of carbonyl (C=O) groups is 1. The summed E-state index contributed by atoms with van der Waals surface area (Å²) in [5, 5.41) is 13.1. The van der Waals surface area contributed by atoms with E-state index in [0.29, 0.717) is 6.54 Å². The van der Waals surface area contributed by atoms with E-state index in [0.717, 1.165) is 28.9 Å². The zero-order chi connectivity index (χ0) is 12.3. The molecule has 88 valence electrons. The third kappa shape index (κ3) is 2.72. The highest BCUT2D eigenvalue weighted by Crippen LogP contribution is 2.15. The summed E-state index contributed by atoms with van der Waals surface area (Å²) in [4.78, 5) is 10.7. The number of allylic oxidation sites excluding steroid dienone is 1. The first-order valence-electron chi connectivity index (χ1n) is 5.37. The van der Waals surface area contributed by atoms with E-state index in [1.165, 1.54) is 0 Å². The smallest absolute Gasteiger partial charge is 0.307 e. The van der Waals surface area contributed by atoms with Gasteiger partial charge < -0.3 is 5.11 Å². The molecule has 0 saturated heterocycles. The normalized spacial score (nSPS) is 10.4. The molecule has 0 aliphatic carbocycles. The third-order valence-electron chi connectivity index (χ3n) is 2.73. The Labute approximate surface area is 95.6 Å². The van der Waals surface area contributed by atoms with Crippen molar-refractivity contribution in [1.29, 1.82) is 0 Å². The van der Waals surface area contributed by atoms with Crippen LogP contribution in [0.1, 0.15) is 30.3 Å². The first kappa shape index (κ1) is 12.5. The van der Waals surface area contributed by atoms with Crippen molar-refractivity contribution >= 4 is 5.97 Å². The average Bonchev–Trinajstić information content (AvgIpc) is 2.45. The number of aryl methyl sites for hydroxylation is 1. The summed E-state index contributed by atoms with van der Waals surface area (Å²) in [6.45, 7) is 10.4. The summed E-state index contributed by atoms with van der Waals surface area (Å²) in [5.74, 6) is -0.819. The number of hydrogen-bond donors (Lipinski definition) is 1. The number of aromatic nitrogens is 2. The highest BCUT2D eigenvalue weighted by molar-refractivity contribution is 5.70. The van der Waals surface area contributed by atoms with Gasteiger partial charge in [-0.05, 0) is 20.3 Å². The monoisotopic (exact) mass is 222 g/mol. The van der Waals surface area contributed by atoms with Gasteiger partial charge in [-0.25, -0.2) is 0 Å². The first-order valence-corrected chi connectivity index (χ1v) is 5.37. The molecule has 0 spiro atoms. The molecular formula is C12H18N2O2. The fourth-order valence-electron chi connectivity index (χ4n) is 1.62. The van der Waals surface area contributed by atoms with Gasteiger partial charge in [0, 0.05) is 11.3 Å². The van der Waals surface area contributed by atoms with E-state index in [9.17, 15) is 4.79 Å². The Kier molecular flexibility index (Phi) is 3.88. The predicted octanol–water partition coefficient (Wildman–Crippen LogP) is 2.09. The Hall–Kier alpha value is -1.58. The minimum atomic E-state index is -0.819. The molecule has 0 atom stereocenters. The summed E-state index contributed by atoms with van der Waals surface area (Å²) in [5.41, 5.74) is 3.63. The van der Waals surface area contributed by atoms with Crippen LogP contribution in [0.15, 0.2) is 12.2 Å². The number of hydrogen-bond acceptors (Lipinski definition) is 2. The van der Waals surface area contributed by atoms with Crippen LogP contribution >= 0.6 is 0 Å². The molecule has 0 aliphatic heterocycles. The zero-order valence-electron chi connectivity index (χ0n) is 10.1. The fraction of sp³-hybridized carbons (Fsp3) is 0.500. The second-order valence-electron chi connectivity index (χ2n) is 3.98. The van der Waals surface area contributed by atoms with Crippen LogP contribution in [0.2, 0.25) is 0 Å². The summed E-state index contributed by atoms with van der Waals surface area (Å²) in [7, 11) is 0. The van der Waals surface area contributed by atoms with E-state index in [1.54, 1.807) is 0 Å². The van der Waals surface area contributed by atoms with Gasteiger partial charge in [0.15, 0.2) is 0 Å². The first-order chi connectivity index (χ1) is 7.45. The molecule has 1 heterocycles. The Morgan fingerprint density at radius 1 is 1.50 bits per heavy atom. The molecular weight excluding hydrogens is 204 g/mol. The van der Waals surface area contributed by atoms with Gasteiger partial charge in [0.25, 0.3) is 0 Å². The minimum Gasteiger partial charge on any atom is -0.481 e. The van der Waals surface area contributed by atoms with E-state index < -0.39 is 5.97 Å². The number of carboxylic acid groups (broad SMARTS) is 1. The van der Waals surface area contributed by atoms with Crippen molar-refractivity contribution in [2.75, 3.05) is 0 Å². The summed E-state index contributed by atoms with van der Waals surface area (Å²) in [6, 6.07) is 0. The molecule has 1 aromatic heterocycles. The maximum atomic E-state index is 10.7. The van der Waals surface area contributed by atoms with Gasteiger partial charge in [-0.15, -0.1) is 0 Å². The van der Waals surface area contributed by atoms with Crippen LogP contribution in [0.3, 0.4) is 0 Å². The van der Waals surface area contributed by atoms with Gasteiger partial charge in [0.05, 0.1) is 18.7 Å². The Morgan fingerprint density at radius 2 is 2.12 bits per heavy atom. The van der Waals surface area contributed by atoms with Crippen LogP contribution in [-0.2, 0) is 17.8 Å². The largest absolute Gasteiger partial charge is 0.481 e. The van der Waals surface area contributed by atoms with Crippen molar-refractivity contribution in [1.82, 2.24) is 9.78 Å². The van der Waals surface area contributed by atoms with Crippen molar-refractivity contribution < 1.29 is 9.90 Å². The minimum absolute atomic E-state index is 0.0380. The zero-order valence-corrected chi connectivity index (χ0v) is 10.1. The van der Waals surface area contributed by atoms with Gasteiger partial charge in [-0.2, -0.15) is 5.10 Å². The Bertz CT molecular complexity index is 419. The Morgan fingerprint density at radius 3 is 2.62 bits per heavy atom. The number of aliphatic carboxylic acids is 1. The molecule has 1 rings (SSSR count). The van der Waals surface area contributed by atoms with Crippen molar-refractivity contribution in [2.45, 2.75) is 40.2 Å². The molecule has 1 aromatic rings. The summed E-state index contributed by atoms with van der Waals surface area (Å²) in [6.07, 6.45) is 0.947. The lowest BCUT2D eigenvalue weighted by Crippen LogP contribution is -2.06. The maximum Gasteiger partial charge on any atom is 0.307 e. The second-order valence-corrected chi connectivity index (χ2v) is 3.98. The highest BCUT2D eigenvalue weighted by atomic mass is 16.4. The van der Waals surface area contributed by atoms with Crippen molar-refractivity contribution in [3.05, 3.63) is 29.1 Å². The molecule has 0 bridgehead atoms. The summed E-state index contributed by atoms with van der Waals surface area (Å²) >= 11 is 0. The molecule has 16 heavy (non-hydrogen) atoms. The van der Waals surface area contributed by atoms with Gasteiger partial charge in [-0.1, -0.05) is 19.1 Å². The van der Waals surface area contributed by atoms with Crippen LogP contribution in [0.5, 0.6) is 0 Å². The molecule has 4 heteroatoms. The molecule has 4 nitrogen and oxygen atoms in total. The van der Waals surface area contributed by atoms with E-state index in [1.807, 2.05) is 25.5 Å². The lowest BCUT2D eigenvalue weighted by atomic mass is 10.1. The lowest BCUT2D eigenvalue weighted by molar-refractivity contribution is -0.136. The quantitative estimate of drug-likeness (QED) is 0.776. The van der Waals surface area contributed by atoms with Crippen LogP contribution < -0.4 is 0 Å². The van der Waals surface area contributed by atoms with Gasteiger partial charge in [0.1, 0.15) is 0 Å². The summed E-state index contributed by atoms with van der Waals surface area (Å²) < 4.78 is 1.83. The van der Waals surface area contributed by atoms with Crippen molar-refractivity contribution in [2.24, 2.45) is 0 Å². The van der Waals surface area contributed by atoms with Crippen LogP contribution in [0, 0.1) is 13.8 Å². The van der Waals surface area contributed by atoms with Crippen LogP contribution in [-0.4, -0.2) is 20.9 Å². The number of rotatable bonds is 5. The van der Waals surface area contributed by atoms with E-state index in [2.05, 4.69) is 11.7 Å². The molecule has 0 aliphatic rings. The lowest BCUT2D eigenvalue weighted by Gasteiger charge is -2.05. The predicted molar refractivity (Wildman–Crippen MR) is 62.5 cm³/mol. The standard InChI is InChI=1S/C12H18N2O2/c1-5-8(2)7-14-10(4)11(6-12(15)16)9(3)13-14/h2,5-7H2,1,3-4H3,(H,15,16). The third-order valence-corrected chi connectivity index (χ3v) is 2.73. The SMILES string of the molecule is C=C(CC)Cn1nc(C)c(CC(=O)O)c1C. The highest BCUT2D eigenvalue weighted by Gasteiger charge is 2.14. The molecule has 0 fully saturated rings.